The van der Waals surface area contributed by atoms with Crippen LogP contribution in [0.2, 0.25) is 0 Å². The summed E-state index contributed by atoms with van der Waals surface area (Å²) in [6.07, 6.45) is 0. The molecular weight excluding hydrogens is 673 g/mol. The Morgan fingerprint density at radius 1 is 0.491 bits per heavy atom. The van der Waals surface area contributed by atoms with Crippen molar-refractivity contribution < 1.29 is 4.42 Å². The fourth-order valence-electron chi connectivity index (χ4n) is 9.54. The second kappa shape index (κ2) is 10.6. The number of furan rings is 1. The molecule has 256 valence electrons. The second-order valence-corrected chi connectivity index (χ2v) is 14.7. The van der Waals surface area contributed by atoms with Gasteiger partial charge in [-0.1, -0.05) is 133 Å². The molecule has 5 heteroatoms. The van der Waals surface area contributed by atoms with E-state index in [1.807, 2.05) is 12.1 Å². The highest BCUT2D eigenvalue weighted by atomic mass is 16.3. The maximum absolute atomic E-state index is 6.65. The third-order valence-corrected chi connectivity index (χ3v) is 11.9. The van der Waals surface area contributed by atoms with Crippen molar-refractivity contribution in [2.45, 2.75) is 6.04 Å². The zero-order valence-corrected chi connectivity index (χ0v) is 29.5. The Labute approximate surface area is 314 Å². The number of nitrogens with one attached hydrogen (secondary N) is 1. The summed E-state index contributed by atoms with van der Waals surface area (Å²) in [5.41, 5.74) is 11.1. The van der Waals surface area contributed by atoms with Gasteiger partial charge in [0, 0.05) is 37.7 Å². The zero-order valence-electron chi connectivity index (χ0n) is 29.5. The molecule has 12 aromatic rings. The highest BCUT2D eigenvalue weighted by Gasteiger charge is 2.32. The molecule has 5 heterocycles. The Morgan fingerprint density at radius 2 is 1.16 bits per heavy atom. The molecule has 0 amide bonds. The van der Waals surface area contributed by atoms with Crippen molar-refractivity contribution >= 4 is 93.3 Å². The van der Waals surface area contributed by atoms with E-state index in [0.717, 1.165) is 45.0 Å². The van der Waals surface area contributed by atoms with E-state index in [9.17, 15) is 0 Å². The van der Waals surface area contributed by atoms with Gasteiger partial charge in [0.15, 0.2) is 5.76 Å². The normalized spacial score (nSPS) is 14.6. The predicted octanol–water partition coefficient (Wildman–Crippen LogP) is 12.7. The molecule has 1 aliphatic heterocycles. The van der Waals surface area contributed by atoms with E-state index in [0.29, 0.717) is 0 Å². The van der Waals surface area contributed by atoms with Gasteiger partial charge < -0.3 is 14.1 Å². The fourth-order valence-corrected chi connectivity index (χ4v) is 9.54. The van der Waals surface area contributed by atoms with Crippen molar-refractivity contribution in [1.82, 2.24) is 14.3 Å². The average molecular weight is 703 g/mol. The van der Waals surface area contributed by atoms with Gasteiger partial charge in [0.2, 0.25) is 5.96 Å². The standard InChI is InChI=1S/C50H30N4O/c1-2-12-29(13-3-1)30-22-24-32(25-23-30)46-49-47(36-18-8-11-21-42(36)55-49)52-50(51-46)54-39-20-10-7-17-35(39)44-41(54)28-37-34-16-6-9-19-38(34)53-40-27-26-31-14-4-5-15-33(31)43(40)45(44)48(37)53/h1-28,46H,(H,51,52). The van der Waals surface area contributed by atoms with Crippen LogP contribution in [0.3, 0.4) is 0 Å². The first-order valence-electron chi connectivity index (χ1n) is 18.8. The van der Waals surface area contributed by atoms with Gasteiger partial charge in [-0.3, -0.25) is 4.57 Å². The lowest BCUT2D eigenvalue weighted by atomic mass is 9.98. The van der Waals surface area contributed by atoms with Crippen LogP contribution in [0.25, 0.3) is 92.8 Å². The predicted molar refractivity (Wildman–Crippen MR) is 227 cm³/mol. The molecule has 0 fully saturated rings. The molecule has 0 saturated heterocycles. The van der Waals surface area contributed by atoms with Crippen LogP contribution in [-0.4, -0.2) is 14.9 Å². The number of fused-ring (bicyclic) bond motifs is 15. The Hall–Kier alpha value is -7.37. The Balaban J connectivity index is 1.14. The first-order chi connectivity index (χ1) is 27.3. The van der Waals surface area contributed by atoms with Crippen molar-refractivity contribution in [1.29, 1.82) is 0 Å². The van der Waals surface area contributed by atoms with Crippen LogP contribution in [0, 0.1) is 0 Å². The molecule has 1 atom stereocenters. The van der Waals surface area contributed by atoms with Gasteiger partial charge >= 0.3 is 0 Å². The van der Waals surface area contributed by atoms with Gasteiger partial charge in [-0.15, -0.1) is 0 Å². The molecule has 0 aliphatic carbocycles. The van der Waals surface area contributed by atoms with E-state index >= 15 is 0 Å². The minimum absolute atomic E-state index is 0.263. The number of hydrogen-bond acceptors (Lipinski definition) is 3. The summed E-state index contributed by atoms with van der Waals surface area (Å²) in [4.78, 5) is 5.48. The minimum Gasteiger partial charge on any atom is -0.456 e. The number of nitrogens with zero attached hydrogens (tertiary/aromatic N) is 3. The summed E-state index contributed by atoms with van der Waals surface area (Å²) in [6.45, 7) is 0. The molecule has 0 bridgehead atoms. The monoisotopic (exact) mass is 702 g/mol. The summed E-state index contributed by atoms with van der Waals surface area (Å²) in [6, 6.07) is 60.7. The first kappa shape index (κ1) is 29.1. The number of para-hydroxylation sites is 3. The lowest BCUT2D eigenvalue weighted by Gasteiger charge is -2.25. The molecule has 55 heavy (non-hydrogen) atoms. The van der Waals surface area contributed by atoms with Crippen LogP contribution in [0.4, 0.5) is 5.69 Å². The fraction of sp³-hybridized carbons (Fsp3) is 0.0200. The second-order valence-electron chi connectivity index (χ2n) is 14.7. The maximum Gasteiger partial charge on any atom is 0.209 e. The maximum atomic E-state index is 6.65. The largest absolute Gasteiger partial charge is 0.456 e. The molecule has 0 saturated carbocycles. The zero-order chi connectivity index (χ0) is 35.8. The number of hydrogen-bond donors (Lipinski definition) is 1. The first-order valence-corrected chi connectivity index (χ1v) is 18.8. The third kappa shape index (κ3) is 3.83. The van der Waals surface area contributed by atoms with E-state index in [1.165, 1.54) is 70.8 Å². The van der Waals surface area contributed by atoms with Crippen LogP contribution in [0.15, 0.2) is 179 Å². The average Bonchev–Trinajstić information content (AvgIpc) is 3.99. The Bertz CT molecular complexity index is 3570. The number of aromatic nitrogens is 2. The van der Waals surface area contributed by atoms with Crippen molar-refractivity contribution in [3.63, 3.8) is 0 Å². The van der Waals surface area contributed by atoms with Gasteiger partial charge in [-0.2, -0.15) is 0 Å². The summed E-state index contributed by atoms with van der Waals surface area (Å²) >= 11 is 0. The lowest BCUT2D eigenvalue weighted by Crippen LogP contribution is -2.36. The van der Waals surface area contributed by atoms with E-state index in [1.54, 1.807) is 0 Å². The van der Waals surface area contributed by atoms with Crippen LogP contribution >= 0.6 is 0 Å². The summed E-state index contributed by atoms with van der Waals surface area (Å²) in [7, 11) is 0. The third-order valence-electron chi connectivity index (χ3n) is 11.9. The van der Waals surface area contributed by atoms with E-state index in [-0.39, 0.29) is 6.04 Å². The van der Waals surface area contributed by atoms with E-state index < -0.39 is 0 Å². The lowest BCUT2D eigenvalue weighted by molar-refractivity contribution is 0.501. The summed E-state index contributed by atoms with van der Waals surface area (Å²) in [5.74, 6) is 1.59. The van der Waals surface area contributed by atoms with Crippen molar-refractivity contribution in [3.05, 3.63) is 181 Å². The number of rotatable bonds is 2. The van der Waals surface area contributed by atoms with Crippen LogP contribution in [0.1, 0.15) is 17.4 Å². The molecule has 0 radical (unpaired) electrons. The summed E-state index contributed by atoms with van der Waals surface area (Å²) < 4.78 is 11.5. The van der Waals surface area contributed by atoms with Gasteiger partial charge in [-0.05, 0) is 63.9 Å². The smallest absolute Gasteiger partial charge is 0.209 e. The Morgan fingerprint density at radius 3 is 2.02 bits per heavy atom. The van der Waals surface area contributed by atoms with Crippen molar-refractivity contribution in [3.8, 4) is 11.1 Å². The SMILES string of the molecule is c1ccc(-c2ccc(C3NC(n4c5ccccc5c5c6c7c8ccccc8ccc7n7c8ccccc8c(cc54)c67)=Nc4c3oc3ccccc43)cc2)cc1. The molecule has 8 aromatic carbocycles. The van der Waals surface area contributed by atoms with Crippen LogP contribution in [-0.2, 0) is 0 Å². The number of aliphatic imine (C=N–C) groups is 1. The molecule has 4 aromatic heterocycles. The van der Waals surface area contributed by atoms with Gasteiger partial charge in [-0.25, -0.2) is 4.99 Å². The van der Waals surface area contributed by atoms with Gasteiger partial charge in [0.1, 0.15) is 17.3 Å². The van der Waals surface area contributed by atoms with E-state index in [4.69, 9.17) is 9.41 Å². The molecule has 13 rings (SSSR count). The van der Waals surface area contributed by atoms with Gasteiger partial charge in [0.25, 0.3) is 0 Å². The summed E-state index contributed by atoms with van der Waals surface area (Å²) in [5, 5.41) is 14.9. The molecule has 1 aliphatic rings. The minimum atomic E-state index is -0.263. The molecule has 1 unspecified atom stereocenters. The van der Waals surface area contributed by atoms with Crippen LogP contribution < -0.4 is 5.32 Å². The van der Waals surface area contributed by atoms with Crippen LogP contribution in [0.5, 0.6) is 0 Å². The molecule has 0 spiro atoms. The van der Waals surface area contributed by atoms with Crippen molar-refractivity contribution in [2.75, 3.05) is 0 Å². The van der Waals surface area contributed by atoms with Crippen molar-refractivity contribution in [2.24, 2.45) is 4.99 Å². The van der Waals surface area contributed by atoms with Gasteiger partial charge in [0.05, 0.1) is 27.6 Å². The Kier molecular flexibility index (Phi) is 5.62. The number of benzene rings is 8. The highest BCUT2D eigenvalue weighted by molar-refractivity contribution is 6.39. The molecule has 1 N–H and O–H groups in total. The highest BCUT2D eigenvalue weighted by Crippen LogP contribution is 2.49. The van der Waals surface area contributed by atoms with E-state index in [2.05, 4.69) is 172 Å². The topological polar surface area (TPSA) is 46.9 Å². The quantitative estimate of drug-likeness (QED) is 0.195. The molecular formula is C50H30N4O. The molecule has 5 nitrogen and oxygen atoms in total.